The third-order valence-corrected chi connectivity index (χ3v) is 7.25. The lowest BCUT2D eigenvalue weighted by Crippen LogP contribution is -2.32. The molecular formula is C25H25N3O3S. The van der Waals surface area contributed by atoms with Crippen molar-refractivity contribution >= 4 is 20.9 Å². The van der Waals surface area contributed by atoms with E-state index in [4.69, 9.17) is 4.98 Å². The number of para-hydroxylation sites is 1. The first kappa shape index (κ1) is 21.9. The second kappa shape index (κ2) is 8.68. The second-order valence-electron chi connectivity index (χ2n) is 7.97. The van der Waals surface area contributed by atoms with Crippen LogP contribution in [-0.4, -0.2) is 29.3 Å². The van der Waals surface area contributed by atoms with Gasteiger partial charge in [-0.25, -0.2) is 13.4 Å². The van der Waals surface area contributed by atoms with Gasteiger partial charge in [-0.15, -0.1) is 0 Å². The van der Waals surface area contributed by atoms with E-state index in [1.165, 1.54) is 15.9 Å². The van der Waals surface area contributed by atoms with Crippen molar-refractivity contribution in [2.24, 2.45) is 0 Å². The van der Waals surface area contributed by atoms with Gasteiger partial charge < -0.3 is 0 Å². The minimum atomic E-state index is -3.62. The Morgan fingerprint density at radius 2 is 1.62 bits per heavy atom. The van der Waals surface area contributed by atoms with E-state index < -0.39 is 10.0 Å². The molecular weight excluding hydrogens is 422 g/mol. The Balaban J connectivity index is 1.82. The Morgan fingerprint density at radius 1 is 0.938 bits per heavy atom. The first-order valence-corrected chi connectivity index (χ1v) is 11.9. The number of sulfonamides is 1. The predicted molar refractivity (Wildman–Crippen MR) is 127 cm³/mol. The van der Waals surface area contributed by atoms with Crippen LogP contribution < -0.4 is 5.56 Å². The zero-order chi connectivity index (χ0) is 22.9. The molecule has 6 nitrogen and oxygen atoms in total. The van der Waals surface area contributed by atoms with Gasteiger partial charge in [-0.05, 0) is 43.2 Å². The molecule has 0 aliphatic rings. The van der Waals surface area contributed by atoms with Gasteiger partial charge in [-0.1, -0.05) is 60.2 Å². The molecule has 0 aliphatic heterocycles. The number of hydrogen-bond acceptors (Lipinski definition) is 4. The molecule has 3 aromatic carbocycles. The second-order valence-corrected chi connectivity index (χ2v) is 10.0. The van der Waals surface area contributed by atoms with Crippen molar-refractivity contribution in [1.29, 1.82) is 0 Å². The van der Waals surface area contributed by atoms with E-state index in [0.717, 1.165) is 11.1 Å². The minimum absolute atomic E-state index is 0.0252. The van der Waals surface area contributed by atoms with Gasteiger partial charge in [0, 0.05) is 7.05 Å². The molecule has 7 heteroatoms. The van der Waals surface area contributed by atoms with E-state index in [2.05, 4.69) is 0 Å². The molecule has 1 heterocycles. The fraction of sp³-hybridized carbons (Fsp3) is 0.200. The number of aryl methyl sites for hydroxylation is 2. The standard InChI is InChI=1S/C25H25N3O3S/c1-18-13-14-23(19(2)15-18)28-24(26-22-12-8-7-11-21(22)25(28)29)16-27(3)32(30,31)17-20-9-5-4-6-10-20/h4-15H,16-17H2,1-3H3. The summed E-state index contributed by atoms with van der Waals surface area (Å²) in [5, 5.41) is 0.492. The summed E-state index contributed by atoms with van der Waals surface area (Å²) in [7, 11) is -2.10. The molecule has 0 fully saturated rings. The molecule has 0 bridgehead atoms. The Labute approximate surface area is 187 Å². The first-order chi connectivity index (χ1) is 15.3. The molecule has 0 radical (unpaired) electrons. The third kappa shape index (κ3) is 4.35. The zero-order valence-electron chi connectivity index (χ0n) is 18.3. The lowest BCUT2D eigenvalue weighted by Gasteiger charge is -2.21. The molecule has 32 heavy (non-hydrogen) atoms. The number of hydrogen-bond donors (Lipinski definition) is 0. The van der Waals surface area contributed by atoms with E-state index in [1.807, 2.05) is 56.3 Å². The molecule has 164 valence electrons. The van der Waals surface area contributed by atoms with Crippen molar-refractivity contribution < 1.29 is 8.42 Å². The Kier molecular flexibility index (Phi) is 5.95. The average Bonchev–Trinajstić information content (AvgIpc) is 2.75. The number of benzene rings is 3. The van der Waals surface area contributed by atoms with E-state index in [-0.39, 0.29) is 17.9 Å². The van der Waals surface area contributed by atoms with Crippen LogP contribution >= 0.6 is 0 Å². The van der Waals surface area contributed by atoms with E-state index in [9.17, 15) is 13.2 Å². The van der Waals surface area contributed by atoms with Crippen molar-refractivity contribution in [2.45, 2.75) is 26.1 Å². The fourth-order valence-electron chi connectivity index (χ4n) is 3.78. The quantitative estimate of drug-likeness (QED) is 0.448. The van der Waals surface area contributed by atoms with Gasteiger partial charge in [0.25, 0.3) is 5.56 Å². The van der Waals surface area contributed by atoms with Crippen LogP contribution in [0.5, 0.6) is 0 Å². The Hall–Kier alpha value is -3.29. The number of fused-ring (bicyclic) bond motifs is 1. The van der Waals surface area contributed by atoms with Gasteiger partial charge in [0.05, 0.1) is 28.9 Å². The van der Waals surface area contributed by atoms with Crippen molar-refractivity contribution in [2.75, 3.05) is 7.05 Å². The van der Waals surface area contributed by atoms with Gasteiger partial charge in [0.1, 0.15) is 5.82 Å². The summed E-state index contributed by atoms with van der Waals surface area (Å²) in [4.78, 5) is 18.2. The molecule has 0 saturated heterocycles. The van der Waals surface area contributed by atoms with Crippen molar-refractivity contribution in [3.05, 3.63) is 106 Å². The predicted octanol–water partition coefficient (Wildman–Crippen LogP) is 3.96. The van der Waals surface area contributed by atoms with E-state index >= 15 is 0 Å². The van der Waals surface area contributed by atoms with Gasteiger partial charge in [0.15, 0.2) is 0 Å². The van der Waals surface area contributed by atoms with Crippen molar-refractivity contribution in [3.8, 4) is 5.69 Å². The summed E-state index contributed by atoms with van der Waals surface area (Å²) >= 11 is 0. The van der Waals surface area contributed by atoms with Gasteiger partial charge in [-0.2, -0.15) is 4.31 Å². The highest BCUT2D eigenvalue weighted by molar-refractivity contribution is 7.88. The summed E-state index contributed by atoms with van der Waals surface area (Å²) in [6, 6.07) is 22.0. The van der Waals surface area contributed by atoms with Crippen molar-refractivity contribution in [3.63, 3.8) is 0 Å². The largest absolute Gasteiger partial charge is 0.268 e. The summed E-state index contributed by atoms with van der Waals surface area (Å²) in [6.07, 6.45) is 0. The van der Waals surface area contributed by atoms with Crippen molar-refractivity contribution in [1.82, 2.24) is 13.9 Å². The molecule has 0 aliphatic carbocycles. The number of nitrogens with zero attached hydrogens (tertiary/aromatic N) is 3. The molecule has 4 aromatic rings. The van der Waals surface area contributed by atoms with Gasteiger partial charge in [0.2, 0.25) is 10.0 Å². The highest BCUT2D eigenvalue weighted by atomic mass is 32.2. The maximum Gasteiger partial charge on any atom is 0.266 e. The van der Waals surface area contributed by atoms with Gasteiger partial charge in [-0.3, -0.25) is 9.36 Å². The summed E-state index contributed by atoms with van der Waals surface area (Å²) in [6.45, 7) is 3.90. The van der Waals surface area contributed by atoms with Crippen LogP contribution in [0, 0.1) is 13.8 Å². The fourth-order valence-corrected chi connectivity index (χ4v) is 4.93. The van der Waals surface area contributed by atoms with Crippen LogP contribution in [0.2, 0.25) is 0 Å². The first-order valence-electron chi connectivity index (χ1n) is 10.3. The van der Waals surface area contributed by atoms with Crippen LogP contribution in [0.1, 0.15) is 22.5 Å². The third-order valence-electron chi connectivity index (χ3n) is 5.47. The molecule has 0 amide bonds. The topological polar surface area (TPSA) is 72.3 Å². The lowest BCUT2D eigenvalue weighted by atomic mass is 10.1. The summed E-state index contributed by atoms with van der Waals surface area (Å²) in [5.41, 5.74) is 3.73. The summed E-state index contributed by atoms with van der Waals surface area (Å²) < 4.78 is 28.8. The molecule has 1 aromatic heterocycles. The molecule has 4 rings (SSSR count). The maximum atomic E-state index is 13.5. The van der Waals surface area contributed by atoms with Crippen LogP contribution in [0.25, 0.3) is 16.6 Å². The molecule has 0 unspecified atom stereocenters. The van der Waals surface area contributed by atoms with Crippen LogP contribution in [-0.2, 0) is 22.3 Å². The van der Waals surface area contributed by atoms with Crippen LogP contribution in [0.3, 0.4) is 0 Å². The highest BCUT2D eigenvalue weighted by Gasteiger charge is 2.23. The monoisotopic (exact) mass is 447 g/mol. The van der Waals surface area contributed by atoms with Gasteiger partial charge >= 0.3 is 0 Å². The highest BCUT2D eigenvalue weighted by Crippen LogP contribution is 2.20. The summed E-state index contributed by atoms with van der Waals surface area (Å²) in [5.74, 6) is 0.255. The van der Waals surface area contributed by atoms with E-state index in [0.29, 0.717) is 28.0 Å². The molecule has 0 N–H and O–H groups in total. The smallest absolute Gasteiger partial charge is 0.266 e. The normalized spacial score (nSPS) is 11.9. The average molecular weight is 448 g/mol. The zero-order valence-corrected chi connectivity index (χ0v) is 19.1. The number of rotatable bonds is 6. The Morgan fingerprint density at radius 3 is 2.34 bits per heavy atom. The van der Waals surface area contributed by atoms with E-state index in [1.54, 1.807) is 30.3 Å². The van der Waals surface area contributed by atoms with Crippen LogP contribution in [0.4, 0.5) is 0 Å². The lowest BCUT2D eigenvalue weighted by molar-refractivity contribution is 0.451. The molecule has 0 spiro atoms. The minimum Gasteiger partial charge on any atom is -0.268 e. The number of aromatic nitrogens is 2. The molecule has 0 saturated carbocycles. The van der Waals surface area contributed by atoms with Crippen LogP contribution in [0.15, 0.2) is 77.6 Å². The SMILES string of the molecule is Cc1ccc(-n2c(CN(C)S(=O)(=O)Cc3ccccc3)nc3ccccc3c2=O)c(C)c1. The maximum absolute atomic E-state index is 13.5. The Bertz CT molecular complexity index is 1440. The molecule has 0 atom stereocenters.